The van der Waals surface area contributed by atoms with Crippen LogP contribution in [0, 0.1) is 0 Å². The number of nitrogens with one attached hydrogen (secondary N) is 1. The van der Waals surface area contributed by atoms with Crippen molar-refractivity contribution < 1.29 is 14.7 Å². The maximum atomic E-state index is 11.4. The lowest BCUT2D eigenvalue weighted by molar-refractivity contribution is -0.119. The number of hydrogen-bond donors (Lipinski definition) is 2. The van der Waals surface area contributed by atoms with E-state index < -0.39 is 5.97 Å². The van der Waals surface area contributed by atoms with Crippen LogP contribution in [0.5, 0.6) is 0 Å². The minimum atomic E-state index is -0.945. The zero-order chi connectivity index (χ0) is 12.8. The maximum absolute atomic E-state index is 11.4. The van der Waals surface area contributed by atoms with Crippen molar-refractivity contribution >= 4 is 23.6 Å². The molecule has 0 heterocycles. The van der Waals surface area contributed by atoms with Crippen molar-refractivity contribution in [1.29, 1.82) is 0 Å². The summed E-state index contributed by atoms with van der Waals surface area (Å²) in [4.78, 5) is 22.9. The Labute approximate surface area is 104 Å². The summed E-state index contributed by atoms with van der Waals surface area (Å²) in [6.07, 6.45) is 0. The van der Waals surface area contributed by atoms with Crippen LogP contribution in [0.25, 0.3) is 0 Å². The van der Waals surface area contributed by atoms with Crippen LogP contribution in [0.2, 0.25) is 0 Å². The van der Waals surface area contributed by atoms with Crippen LogP contribution < -0.4 is 5.32 Å². The Morgan fingerprint density at radius 3 is 2.35 bits per heavy atom. The second kappa shape index (κ2) is 6.30. The van der Waals surface area contributed by atoms with E-state index in [1.165, 1.54) is 23.9 Å². The number of carbonyl (C=O) groups excluding carboxylic acids is 1. The van der Waals surface area contributed by atoms with Gasteiger partial charge in [0.15, 0.2) is 0 Å². The third-order valence-electron chi connectivity index (χ3n) is 1.92. The van der Waals surface area contributed by atoms with Crippen molar-refractivity contribution in [3.05, 3.63) is 29.8 Å². The highest BCUT2D eigenvalue weighted by Crippen LogP contribution is 2.18. The third kappa shape index (κ3) is 4.91. The first-order valence-electron chi connectivity index (χ1n) is 5.24. The monoisotopic (exact) mass is 253 g/mol. The van der Waals surface area contributed by atoms with Crippen LogP contribution in [0.1, 0.15) is 24.2 Å². The van der Waals surface area contributed by atoms with E-state index in [9.17, 15) is 9.59 Å². The van der Waals surface area contributed by atoms with Gasteiger partial charge in [-0.25, -0.2) is 4.79 Å². The molecule has 0 radical (unpaired) electrons. The van der Waals surface area contributed by atoms with Gasteiger partial charge in [0.25, 0.3) is 0 Å². The standard InChI is InChI=1S/C12H15NO3S/c1-8(2)13-11(14)7-17-10-5-3-9(4-6-10)12(15)16/h3-6,8H,7H2,1-2H3,(H,13,14)(H,15,16). The van der Waals surface area contributed by atoms with Crippen LogP contribution in [0.15, 0.2) is 29.2 Å². The number of hydrogen-bond acceptors (Lipinski definition) is 3. The fraction of sp³-hybridized carbons (Fsp3) is 0.333. The van der Waals surface area contributed by atoms with Gasteiger partial charge in [-0.2, -0.15) is 0 Å². The number of aromatic carboxylic acids is 1. The van der Waals surface area contributed by atoms with Crippen molar-refractivity contribution in [2.24, 2.45) is 0 Å². The van der Waals surface area contributed by atoms with Gasteiger partial charge in [-0.15, -0.1) is 11.8 Å². The van der Waals surface area contributed by atoms with E-state index in [-0.39, 0.29) is 17.5 Å². The number of thioether (sulfide) groups is 1. The largest absolute Gasteiger partial charge is 0.478 e. The first kappa shape index (κ1) is 13.6. The molecule has 1 aromatic carbocycles. The minimum absolute atomic E-state index is 0.0210. The Kier molecular flexibility index (Phi) is 5.03. The number of carboxylic acid groups (broad SMARTS) is 1. The van der Waals surface area contributed by atoms with E-state index in [0.29, 0.717) is 5.75 Å². The van der Waals surface area contributed by atoms with Crippen LogP contribution >= 0.6 is 11.8 Å². The highest BCUT2D eigenvalue weighted by atomic mass is 32.2. The second-order valence-electron chi connectivity index (χ2n) is 3.84. The summed E-state index contributed by atoms with van der Waals surface area (Å²) >= 11 is 1.39. The van der Waals surface area contributed by atoms with Crippen LogP contribution in [0.3, 0.4) is 0 Å². The summed E-state index contributed by atoms with van der Waals surface area (Å²) in [6, 6.07) is 6.61. The van der Waals surface area contributed by atoms with Crippen molar-refractivity contribution in [2.45, 2.75) is 24.8 Å². The van der Waals surface area contributed by atoms with Gasteiger partial charge in [0.1, 0.15) is 0 Å². The summed E-state index contributed by atoms with van der Waals surface area (Å²) in [5.41, 5.74) is 0.251. The molecule has 2 N–H and O–H groups in total. The van der Waals surface area contributed by atoms with Gasteiger partial charge in [0.2, 0.25) is 5.91 Å². The lowest BCUT2D eigenvalue weighted by Crippen LogP contribution is -2.31. The Bertz CT molecular complexity index is 401. The van der Waals surface area contributed by atoms with E-state index in [1.807, 2.05) is 13.8 Å². The van der Waals surface area contributed by atoms with Gasteiger partial charge in [-0.05, 0) is 38.1 Å². The molecule has 1 aromatic rings. The van der Waals surface area contributed by atoms with Gasteiger partial charge < -0.3 is 10.4 Å². The summed E-state index contributed by atoms with van der Waals surface area (Å²) in [5, 5.41) is 11.5. The van der Waals surface area contributed by atoms with Crippen molar-refractivity contribution in [3.8, 4) is 0 Å². The molecule has 1 rings (SSSR count). The zero-order valence-electron chi connectivity index (χ0n) is 9.77. The minimum Gasteiger partial charge on any atom is -0.478 e. The highest BCUT2D eigenvalue weighted by molar-refractivity contribution is 8.00. The normalized spacial score (nSPS) is 10.3. The van der Waals surface area contributed by atoms with E-state index in [4.69, 9.17) is 5.11 Å². The Morgan fingerprint density at radius 1 is 1.29 bits per heavy atom. The van der Waals surface area contributed by atoms with E-state index >= 15 is 0 Å². The van der Waals surface area contributed by atoms with Crippen molar-refractivity contribution in [3.63, 3.8) is 0 Å². The van der Waals surface area contributed by atoms with E-state index in [1.54, 1.807) is 12.1 Å². The van der Waals surface area contributed by atoms with E-state index in [2.05, 4.69) is 5.32 Å². The molecule has 92 valence electrons. The smallest absolute Gasteiger partial charge is 0.335 e. The first-order chi connectivity index (χ1) is 7.99. The number of carbonyl (C=O) groups is 2. The highest BCUT2D eigenvalue weighted by Gasteiger charge is 2.05. The molecule has 0 spiro atoms. The molecule has 0 unspecified atom stereocenters. The fourth-order valence-corrected chi connectivity index (χ4v) is 1.92. The number of rotatable bonds is 5. The molecule has 0 aliphatic carbocycles. The van der Waals surface area contributed by atoms with Crippen molar-refractivity contribution in [2.75, 3.05) is 5.75 Å². The Morgan fingerprint density at radius 2 is 1.88 bits per heavy atom. The molecule has 0 bridgehead atoms. The summed E-state index contributed by atoms with van der Waals surface area (Å²) in [5.74, 6) is -0.628. The van der Waals surface area contributed by atoms with Gasteiger partial charge in [-0.1, -0.05) is 0 Å². The SMILES string of the molecule is CC(C)NC(=O)CSc1ccc(C(=O)O)cc1. The van der Waals surface area contributed by atoms with Gasteiger partial charge >= 0.3 is 5.97 Å². The summed E-state index contributed by atoms with van der Waals surface area (Å²) in [7, 11) is 0. The lowest BCUT2D eigenvalue weighted by Gasteiger charge is -2.07. The van der Waals surface area contributed by atoms with Gasteiger partial charge in [0, 0.05) is 10.9 Å². The Hall–Kier alpha value is -1.49. The molecule has 0 fully saturated rings. The average Bonchev–Trinajstić information content (AvgIpc) is 2.26. The first-order valence-corrected chi connectivity index (χ1v) is 6.23. The number of benzene rings is 1. The lowest BCUT2D eigenvalue weighted by atomic mass is 10.2. The Balaban J connectivity index is 2.47. The molecule has 0 saturated heterocycles. The zero-order valence-corrected chi connectivity index (χ0v) is 10.6. The predicted octanol–water partition coefficient (Wildman–Crippen LogP) is 2.00. The summed E-state index contributed by atoms with van der Waals surface area (Å²) in [6.45, 7) is 3.81. The molecule has 0 aliphatic rings. The number of carboxylic acids is 1. The molecule has 0 atom stereocenters. The topological polar surface area (TPSA) is 66.4 Å². The molecular formula is C12H15NO3S. The van der Waals surface area contributed by atoms with Crippen LogP contribution in [0.4, 0.5) is 0 Å². The quantitative estimate of drug-likeness (QED) is 0.788. The third-order valence-corrected chi connectivity index (χ3v) is 2.93. The molecule has 1 amide bonds. The molecular weight excluding hydrogens is 238 g/mol. The van der Waals surface area contributed by atoms with Crippen molar-refractivity contribution in [1.82, 2.24) is 5.32 Å². The van der Waals surface area contributed by atoms with Crippen LogP contribution in [-0.4, -0.2) is 28.8 Å². The number of amides is 1. The molecule has 0 aliphatic heterocycles. The van der Waals surface area contributed by atoms with E-state index in [0.717, 1.165) is 4.90 Å². The fourth-order valence-electron chi connectivity index (χ4n) is 1.21. The maximum Gasteiger partial charge on any atom is 0.335 e. The van der Waals surface area contributed by atoms with Gasteiger partial charge in [-0.3, -0.25) is 4.79 Å². The predicted molar refractivity (Wildman–Crippen MR) is 67.4 cm³/mol. The molecule has 5 heteroatoms. The summed E-state index contributed by atoms with van der Waals surface area (Å²) < 4.78 is 0. The molecule has 4 nitrogen and oxygen atoms in total. The van der Waals surface area contributed by atoms with Gasteiger partial charge in [0.05, 0.1) is 11.3 Å². The average molecular weight is 253 g/mol. The molecule has 17 heavy (non-hydrogen) atoms. The molecule has 0 saturated carbocycles. The van der Waals surface area contributed by atoms with Crippen LogP contribution in [-0.2, 0) is 4.79 Å². The molecule has 0 aromatic heterocycles. The second-order valence-corrected chi connectivity index (χ2v) is 4.89.